The van der Waals surface area contributed by atoms with Crippen LogP contribution >= 0.6 is 0 Å². The van der Waals surface area contributed by atoms with Crippen molar-refractivity contribution in [2.24, 2.45) is 4.99 Å². The van der Waals surface area contributed by atoms with Crippen molar-refractivity contribution in [3.05, 3.63) is 22.7 Å². The van der Waals surface area contributed by atoms with Crippen LogP contribution in [0.1, 0.15) is 5.82 Å². The number of hydrogen-bond donors (Lipinski definition) is 0. The van der Waals surface area contributed by atoms with E-state index in [1.807, 2.05) is 0 Å². The van der Waals surface area contributed by atoms with E-state index >= 15 is 0 Å². The van der Waals surface area contributed by atoms with Crippen LogP contribution in [0.4, 0.5) is 13.2 Å². The third-order valence-electron chi connectivity index (χ3n) is 1.54. The van der Waals surface area contributed by atoms with Crippen molar-refractivity contribution in [1.82, 2.24) is 9.97 Å². The maximum Gasteiger partial charge on any atom is 0.451 e. The first-order valence-electron chi connectivity index (χ1n) is 3.51. The van der Waals surface area contributed by atoms with Crippen LogP contribution in [0.5, 0.6) is 0 Å². The molecule has 0 N–H and O–H groups in total. The quantitative estimate of drug-likeness (QED) is 0.565. The molecule has 0 aliphatic carbocycles. The minimum absolute atomic E-state index is 0.211. The van der Waals surface area contributed by atoms with Crippen molar-refractivity contribution in [2.75, 3.05) is 0 Å². The Balaban J connectivity index is 2.66. The number of rotatable bonds is 0. The van der Waals surface area contributed by atoms with Crippen LogP contribution < -0.4 is 10.7 Å². The van der Waals surface area contributed by atoms with Gasteiger partial charge in [0.05, 0.1) is 0 Å². The Kier molecular flexibility index (Phi) is 1.63. The first-order valence-corrected chi connectivity index (χ1v) is 3.51. The summed E-state index contributed by atoms with van der Waals surface area (Å²) in [5.74, 6) is -1.91. The lowest BCUT2D eigenvalue weighted by Crippen LogP contribution is -2.30. The SMILES string of the molecule is O=C1C=c2cnc(C(F)(F)F)nc2=N1. The number of amides is 1. The Hall–Kier alpha value is -1.79. The van der Waals surface area contributed by atoms with Gasteiger partial charge >= 0.3 is 6.18 Å². The smallest absolute Gasteiger partial charge is 0.267 e. The lowest BCUT2D eigenvalue weighted by molar-refractivity contribution is -0.145. The lowest BCUT2D eigenvalue weighted by atomic mass is 10.4. The van der Waals surface area contributed by atoms with Gasteiger partial charge in [0.25, 0.3) is 5.91 Å². The zero-order chi connectivity index (χ0) is 10.3. The van der Waals surface area contributed by atoms with E-state index < -0.39 is 17.9 Å². The molecule has 2 heterocycles. The molecule has 1 aromatic rings. The van der Waals surface area contributed by atoms with Gasteiger partial charge in [-0.2, -0.15) is 18.2 Å². The highest BCUT2D eigenvalue weighted by molar-refractivity contribution is 6.06. The topological polar surface area (TPSA) is 55.2 Å². The molecule has 4 nitrogen and oxygen atoms in total. The second-order valence-corrected chi connectivity index (χ2v) is 2.56. The molecule has 2 rings (SSSR count). The van der Waals surface area contributed by atoms with Crippen molar-refractivity contribution in [3.8, 4) is 0 Å². The highest BCUT2D eigenvalue weighted by atomic mass is 19.4. The van der Waals surface area contributed by atoms with Crippen molar-refractivity contribution in [2.45, 2.75) is 6.18 Å². The van der Waals surface area contributed by atoms with Gasteiger partial charge in [-0.05, 0) is 0 Å². The average molecular weight is 201 g/mol. The summed E-state index contributed by atoms with van der Waals surface area (Å²) in [5, 5.41) is 0.211. The van der Waals surface area contributed by atoms with Gasteiger partial charge in [0.2, 0.25) is 5.82 Å². The molecule has 7 heteroatoms. The largest absolute Gasteiger partial charge is 0.451 e. The molecule has 0 atom stereocenters. The van der Waals surface area contributed by atoms with Gasteiger partial charge in [0, 0.05) is 17.5 Å². The highest BCUT2D eigenvalue weighted by Gasteiger charge is 2.34. The molecule has 14 heavy (non-hydrogen) atoms. The van der Waals surface area contributed by atoms with Crippen LogP contribution in [0, 0.1) is 0 Å². The molecule has 1 amide bonds. The molecular weight excluding hydrogens is 199 g/mol. The van der Waals surface area contributed by atoms with Gasteiger partial charge in [0.15, 0.2) is 5.49 Å². The summed E-state index contributed by atoms with van der Waals surface area (Å²) in [5.41, 5.74) is -0.225. The van der Waals surface area contributed by atoms with Crippen LogP contribution in [0.2, 0.25) is 0 Å². The number of carbonyl (C=O) groups excluding carboxylic acids is 1. The Labute approximate surface area is 74.8 Å². The minimum atomic E-state index is -4.61. The summed E-state index contributed by atoms with van der Waals surface area (Å²) in [6.07, 6.45) is -2.61. The highest BCUT2D eigenvalue weighted by Crippen LogP contribution is 2.24. The van der Waals surface area contributed by atoms with Gasteiger partial charge in [-0.15, -0.1) is 0 Å². The summed E-state index contributed by atoms with van der Waals surface area (Å²) >= 11 is 0. The van der Waals surface area contributed by atoms with E-state index in [0.717, 1.165) is 12.3 Å². The minimum Gasteiger partial charge on any atom is -0.267 e. The number of fused-ring (bicyclic) bond motifs is 1. The van der Waals surface area contributed by atoms with E-state index in [1.54, 1.807) is 0 Å². The number of hydrogen-bond acceptors (Lipinski definition) is 3. The zero-order valence-corrected chi connectivity index (χ0v) is 6.54. The first-order chi connectivity index (χ1) is 6.47. The molecule has 1 aliphatic rings. The maximum atomic E-state index is 12.1. The lowest BCUT2D eigenvalue weighted by Gasteiger charge is -2.01. The summed E-state index contributed by atoms with van der Waals surface area (Å²) in [7, 11) is 0. The van der Waals surface area contributed by atoms with Gasteiger partial charge in [-0.25, -0.2) is 9.97 Å². The molecule has 1 aliphatic heterocycles. The fourth-order valence-corrected chi connectivity index (χ4v) is 0.980. The normalized spacial score (nSPS) is 14.6. The molecule has 0 aromatic carbocycles. The molecule has 0 radical (unpaired) electrons. The fourth-order valence-electron chi connectivity index (χ4n) is 0.980. The number of aromatic nitrogens is 2. The van der Waals surface area contributed by atoms with E-state index in [-0.39, 0.29) is 10.7 Å². The number of nitrogens with zero attached hydrogens (tertiary/aromatic N) is 3. The average Bonchev–Trinajstić information content (AvgIpc) is 2.41. The second-order valence-electron chi connectivity index (χ2n) is 2.56. The van der Waals surface area contributed by atoms with E-state index in [4.69, 9.17) is 0 Å². The molecule has 0 spiro atoms. The summed E-state index contributed by atoms with van der Waals surface area (Å²) in [4.78, 5) is 20.2. The van der Waals surface area contributed by atoms with E-state index in [2.05, 4.69) is 15.0 Å². The number of halogens is 3. The monoisotopic (exact) mass is 201 g/mol. The predicted molar refractivity (Wildman–Crippen MR) is 37.3 cm³/mol. The summed E-state index contributed by atoms with van der Waals surface area (Å²) in [6.45, 7) is 0. The third-order valence-corrected chi connectivity index (χ3v) is 1.54. The summed E-state index contributed by atoms with van der Waals surface area (Å²) < 4.78 is 36.3. The van der Waals surface area contributed by atoms with Crippen LogP contribution in [-0.4, -0.2) is 15.9 Å². The molecule has 72 valence electrons. The maximum absolute atomic E-state index is 12.1. The van der Waals surface area contributed by atoms with Gasteiger partial charge < -0.3 is 0 Å². The molecular formula is C7H2F3N3O. The second kappa shape index (κ2) is 2.60. The zero-order valence-electron chi connectivity index (χ0n) is 6.54. The van der Waals surface area contributed by atoms with Crippen molar-refractivity contribution in [1.29, 1.82) is 0 Å². The van der Waals surface area contributed by atoms with E-state index in [9.17, 15) is 18.0 Å². The molecule has 0 fully saturated rings. The Morgan fingerprint density at radius 2 is 2.00 bits per heavy atom. The first kappa shape index (κ1) is 8.79. The molecule has 0 unspecified atom stereocenters. The molecule has 1 aromatic heterocycles. The Morgan fingerprint density at radius 3 is 2.64 bits per heavy atom. The van der Waals surface area contributed by atoms with Gasteiger partial charge in [-0.3, -0.25) is 4.79 Å². The van der Waals surface area contributed by atoms with Crippen LogP contribution in [-0.2, 0) is 11.0 Å². The third kappa shape index (κ3) is 1.36. The number of alkyl halides is 3. The van der Waals surface area contributed by atoms with Crippen molar-refractivity contribution < 1.29 is 18.0 Å². The predicted octanol–water partition coefficient (Wildman–Crippen LogP) is -0.564. The van der Waals surface area contributed by atoms with Crippen molar-refractivity contribution in [3.63, 3.8) is 0 Å². The van der Waals surface area contributed by atoms with E-state index in [1.165, 1.54) is 0 Å². The van der Waals surface area contributed by atoms with E-state index in [0.29, 0.717) is 0 Å². The van der Waals surface area contributed by atoms with Crippen LogP contribution in [0.15, 0.2) is 11.2 Å². The Morgan fingerprint density at radius 1 is 1.29 bits per heavy atom. The van der Waals surface area contributed by atoms with Crippen molar-refractivity contribution >= 4 is 12.0 Å². The Bertz CT molecular complexity index is 520. The van der Waals surface area contributed by atoms with Gasteiger partial charge in [0.1, 0.15) is 0 Å². The fraction of sp³-hybridized carbons (Fsp3) is 0.143. The van der Waals surface area contributed by atoms with Gasteiger partial charge in [-0.1, -0.05) is 0 Å². The summed E-state index contributed by atoms with van der Waals surface area (Å²) in [6, 6.07) is 0. The van der Waals surface area contributed by atoms with Crippen LogP contribution in [0.3, 0.4) is 0 Å². The molecule has 0 saturated carbocycles. The number of carbonyl (C=O) groups is 1. The standard InChI is InChI=1S/C7H2F3N3O/c8-7(9,10)6-11-2-3-1-4(14)12-5(3)13-6/h1-2H. The molecule has 0 bridgehead atoms. The molecule has 0 saturated heterocycles. The van der Waals surface area contributed by atoms with Crippen LogP contribution in [0.25, 0.3) is 6.08 Å².